The Morgan fingerprint density at radius 2 is 2.30 bits per heavy atom. The van der Waals surface area contributed by atoms with E-state index in [1.165, 1.54) is 23.3 Å². The predicted molar refractivity (Wildman–Crippen MR) is 88.5 cm³/mol. The Balaban J connectivity index is 1.74. The van der Waals surface area contributed by atoms with Crippen molar-refractivity contribution in [2.75, 3.05) is 6.54 Å². The molecule has 1 heterocycles. The minimum absolute atomic E-state index is 0.521. The molecule has 1 fully saturated rings. The highest BCUT2D eigenvalue weighted by molar-refractivity contribution is 9.10. The van der Waals surface area contributed by atoms with Gasteiger partial charge in [0.1, 0.15) is 0 Å². The molecule has 106 valence electrons. The molecule has 0 amide bonds. The predicted octanol–water partition coefficient (Wildman–Crippen LogP) is 4.29. The van der Waals surface area contributed by atoms with Crippen LogP contribution in [0.2, 0.25) is 0 Å². The van der Waals surface area contributed by atoms with Crippen LogP contribution in [0.3, 0.4) is 0 Å². The molecular weight excluding hydrogens is 332 g/mol. The van der Waals surface area contributed by atoms with E-state index in [9.17, 15) is 0 Å². The molecule has 20 heavy (non-hydrogen) atoms. The van der Waals surface area contributed by atoms with Gasteiger partial charge in [0, 0.05) is 34.1 Å². The average molecular weight is 351 g/mol. The molecule has 1 unspecified atom stereocenters. The topological polar surface area (TPSA) is 24.9 Å². The smallest absolute Gasteiger partial charge is 0.0896 e. The fourth-order valence-electron chi connectivity index (χ4n) is 2.41. The Morgan fingerprint density at radius 1 is 1.45 bits per heavy atom. The fourth-order valence-corrected chi connectivity index (χ4v) is 3.70. The maximum absolute atomic E-state index is 4.38. The summed E-state index contributed by atoms with van der Waals surface area (Å²) in [6, 6.07) is 9.45. The molecule has 1 aliphatic rings. The van der Waals surface area contributed by atoms with Gasteiger partial charge in [-0.15, -0.1) is 11.3 Å². The van der Waals surface area contributed by atoms with Crippen LogP contribution >= 0.6 is 27.3 Å². The number of nitrogens with zero attached hydrogens (tertiary/aromatic N) is 1. The number of nitrogens with one attached hydrogen (secondary N) is 1. The quantitative estimate of drug-likeness (QED) is 0.840. The average Bonchev–Trinajstić information content (AvgIpc) is 3.17. The van der Waals surface area contributed by atoms with E-state index >= 15 is 0 Å². The molecule has 0 aliphatic heterocycles. The Kier molecular flexibility index (Phi) is 4.54. The number of hydrogen-bond donors (Lipinski definition) is 1. The maximum atomic E-state index is 4.38. The van der Waals surface area contributed by atoms with Crippen molar-refractivity contribution in [3.05, 3.63) is 50.4 Å². The Bertz CT molecular complexity index is 577. The largest absolute Gasteiger partial charge is 0.313 e. The van der Waals surface area contributed by atoms with Gasteiger partial charge in [0.05, 0.1) is 5.01 Å². The molecule has 0 spiro atoms. The molecule has 0 radical (unpaired) electrons. The second-order valence-electron chi connectivity index (χ2n) is 5.48. The molecule has 4 heteroatoms. The second kappa shape index (κ2) is 6.37. The SMILES string of the molecule is Cc1ncc(CC(CNC2CC2)c2cccc(Br)c2)s1. The lowest BCUT2D eigenvalue weighted by Crippen LogP contribution is -2.24. The Hall–Kier alpha value is -0.710. The summed E-state index contributed by atoms with van der Waals surface area (Å²) in [5, 5.41) is 4.83. The Morgan fingerprint density at radius 3 is 2.95 bits per heavy atom. The van der Waals surface area contributed by atoms with Gasteiger partial charge >= 0.3 is 0 Å². The standard InChI is InChI=1S/C16H19BrN2S/c1-11-18-10-16(20-11)8-13(9-19-15-5-6-15)12-3-2-4-14(17)7-12/h2-4,7,10,13,15,19H,5-6,8-9H2,1H3. The molecular formula is C16H19BrN2S. The molecule has 1 aliphatic carbocycles. The maximum Gasteiger partial charge on any atom is 0.0896 e. The lowest BCUT2D eigenvalue weighted by atomic mass is 9.95. The first-order valence-electron chi connectivity index (χ1n) is 7.11. The molecule has 3 rings (SSSR count). The molecule has 1 saturated carbocycles. The van der Waals surface area contributed by atoms with E-state index in [-0.39, 0.29) is 0 Å². The highest BCUT2D eigenvalue weighted by Gasteiger charge is 2.23. The van der Waals surface area contributed by atoms with Crippen LogP contribution in [-0.4, -0.2) is 17.6 Å². The first-order valence-corrected chi connectivity index (χ1v) is 8.72. The molecule has 2 aromatic rings. The van der Waals surface area contributed by atoms with E-state index in [1.54, 1.807) is 0 Å². The van der Waals surface area contributed by atoms with E-state index in [0.29, 0.717) is 5.92 Å². The molecule has 1 aromatic carbocycles. The van der Waals surface area contributed by atoms with Crippen LogP contribution in [0, 0.1) is 6.92 Å². The number of aromatic nitrogens is 1. The van der Waals surface area contributed by atoms with Gasteiger partial charge in [-0.2, -0.15) is 0 Å². The van der Waals surface area contributed by atoms with Gasteiger partial charge in [-0.3, -0.25) is 0 Å². The van der Waals surface area contributed by atoms with Crippen LogP contribution in [0.4, 0.5) is 0 Å². The van der Waals surface area contributed by atoms with Crippen molar-refractivity contribution in [2.24, 2.45) is 0 Å². The lowest BCUT2D eigenvalue weighted by Gasteiger charge is -2.17. The molecule has 1 atom stereocenters. The van der Waals surface area contributed by atoms with Crippen molar-refractivity contribution in [3.63, 3.8) is 0 Å². The molecule has 2 nitrogen and oxygen atoms in total. The zero-order valence-corrected chi connectivity index (χ0v) is 14.0. The summed E-state index contributed by atoms with van der Waals surface area (Å²) < 4.78 is 1.16. The monoisotopic (exact) mass is 350 g/mol. The summed E-state index contributed by atoms with van der Waals surface area (Å²) >= 11 is 5.40. The third-order valence-electron chi connectivity index (χ3n) is 3.67. The lowest BCUT2D eigenvalue weighted by molar-refractivity contribution is 0.579. The summed E-state index contributed by atoms with van der Waals surface area (Å²) in [4.78, 5) is 5.76. The summed E-state index contributed by atoms with van der Waals surface area (Å²) in [5.41, 5.74) is 1.40. The highest BCUT2D eigenvalue weighted by Crippen LogP contribution is 2.27. The van der Waals surface area contributed by atoms with Gasteiger partial charge in [0.15, 0.2) is 0 Å². The van der Waals surface area contributed by atoms with Crippen LogP contribution in [-0.2, 0) is 6.42 Å². The molecule has 0 bridgehead atoms. The molecule has 1 aromatic heterocycles. The minimum Gasteiger partial charge on any atom is -0.313 e. The van der Waals surface area contributed by atoms with Gasteiger partial charge < -0.3 is 5.32 Å². The van der Waals surface area contributed by atoms with Crippen LogP contribution in [0.5, 0.6) is 0 Å². The van der Waals surface area contributed by atoms with Gasteiger partial charge in [-0.05, 0) is 43.9 Å². The Labute approximate surface area is 132 Å². The van der Waals surface area contributed by atoms with Crippen molar-refractivity contribution in [3.8, 4) is 0 Å². The molecule has 0 saturated heterocycles. The van der Waals surface area contributed by atoms with Crippen molar-refractivity contribution < 1.29 is 0 Å². The third kappa shape index (κ3) is 3.90. The van der Waals surface area contributed by atoms with E-state index in [4.69, 9.17) is 0 Å². The number of rotatable bonds is 6. The van der Waals surface area contributed by atoms with Gasteiger partial charge in [0.25, 0.3) is 0 Å². The van der Waals surface area contributed by atoms with Crippen molar-refractivity contribution in [1.29, 1.82) is 0 Å². The zero-order valence-electron chi connectivity index (χ0n) is 11.6. The van der Waals surface area contributed by atoms with E-state index in [0.717, 1.165) is 28.5 Å². The first kappa shape index (κ1) is 14.2. The van der Waals surface area contributed by atoms with Gasteiger partial charge in [-0.25, -0.2) is 4.98 Å². The summed E-state index contributed by atoms with van der Waals surface area (Å²) in [6.07, 6.45) is 5.78. The van der Waals surface area contributed by atoms with Crippen molar-refractivity contribution in [2.45, 2.75) is 38.1 Å². The zero-order chi connectivity index (χ0) is 13.9. The summed E-state index contributed by atoms with van der Waals surface area (Å²) in [6.45, 7) is 3.13. The van der Waals surface area contributed by atoms with E-state index in [1.807, 2.05) is 17.5 Å². The second-order valence-corrected chi connectivity index (χ2v) is 7.72. The van der Waals surface area contributed by atoms with Crippen LogP contribution < -0.4 is 5.32 Å². The summed E-state index contributed by atoms with van der Waals surface area (Å²) in [5.74, 6) is 0.521. The number of thiazole rings is 1. The number of aryl methyl sites for hydroxylation is 1. The number of halogens is 1. The fraction of sp³-hybridized carbons (Fsp3) is 0.438. The minimum atomic E-state index is 0.521. The summed E-state index contributed by atoms with van der Waals surface area (Å²) in [7, 11) is 0. The van der Waals surface area contributed by atoms with Crippen molar-refractivity contribution in [1.82, 2.24) is 10.3 Å². The van der Waals surface area contributed by atoms with Crippen molar-refractivity contribution >= 4 is 27.3 Å². The van der Waals surface area contributed by atoms with Crippen LogP contribution in [0.1, 0.15) is 34.2 Å². The van der Waals surface area contributed by atoms with Gasteiger partial charge in [0.2, 0.25) is 0 Å². The third-order valence-corrected chi connectivity index (χ3v) is 5.10. The highest BCUT2D eigenvalue weighted by atomic mass is 79.9. The normalized spacial score (nSPS) is 16.3. The van der Waals surface area contributed by atoms with Crippen LogP contribution in [0.15, 0.2) is 34.9 Å². The van der Waals surface area contributed by atoms with Crippen LogP contribution in [0.25, 0.3) is 0 Å². The van der Waals surface area contributed by atoms with Gasteiger partial charge in [-0.1, -0.05) is 28.1 Å². The first-order chi connectivity index (χ1) is 9.70. The molecule has 1 N–H and O–H groups in total. The number of benzene rings is 1. The van der Waals surface area contributed by atoms with E-state index < -0.39 is 0 Å². The number of hydrogen-bond acceptors (Lipinski definition) is 3. The van der Waals surface area contributed by atoms with E-state index in [2.05, 4.69) is 57.4 Å².